The van der Waals surface area contributed by atoms with Crippen LogP contribution in [0.25, 0.3) is 22.2 Å². The molecule has 0 atom stereocenters. The average Bonchev–Trinajstić information content (AvgIpc) is 3.79. The van der Waals surface area contributed by atoms with Gasteiger partial charge in [0.2, 0.25) is 11.9 Å². The van der Waals surface area contributed by atoms with E-state index in [0.717, 1.165) is 53.8 Å². The van der Waals surface area contributed by atoms with Gasteiger partial charge in [-0.3, -0.25) is 4.79 Å². The van der Waals surface area contributed by atoms with Crippen molar-refractivity contribution in [2.24, 2.45) is 0 Å². The number of aromatic nitrogens is 3. The Hall–Kier alpha value is -5.08. The average molecular weight is 581 g/mol. The number of methoxy groups -OCH3 is 2. The summed E-state index contributed by atoms with van der Waals surface area (Å²) in [5.41, 5.74) is 4.66. The van der Waals surface area contributed by atoms with E-state index in [1.165, 1.54) is 12.3 Å². The fraction of sp³-hybridized carbons (Fsp3) is 0.312. The van der Waals surface area contributed by atoms with Crippen molar-refractivity contribution in [3.8, 4) is 28.8 Å². The maximum atomic E-state index is 12.3. The molecule has 2 aromatic carbocycles. The number of ether oxygens (including phenoxy) is 2. The summed E-state index contributed by atoms with van der Waals surface area (Å²) in [5, 5.41) is 17.1. The van der Waals surface area contributed by atoms with E-state index in [0.29, 0.717) is 34.4 Å². The summed E-state index contributed by atoms with van der Waals surface area (Å²) < 4.78 is 13.5. The van der Waals surface area contributed by atoms with Crippen LogP contribution in [0.4, 0.5) is 23.0 Å². The number of rotatable bonds is 12. The fourth-order valence-corrected chi connectivity index (χ4v) is 4.96. The number of benzene rings is 2. The zero-order valence-electron chi connectivity index (χ0n) is 25.1. The van der Waals surface area contributed by atoms with Gasteiger partial charge in [-0.15, -0.1) is 0 Å². The molecule has 1 aliphatic carbocycles. The van der Waals surface area contributed by atoms with Gasteiger partial charge in [0.05, 0.1) is 54.3 Å². The van der Waals surface area contributed by atoms with E-state index in [1.807, 2.05) is 50.3 Å². The normalized spacial score (nSPS) is 12.6. The number of amides is 1. The number of anilines is 4. The Kier molecular flexibility index (Phi) is 8.50. The Morgan fingerprint density at radius 3 is 2.60 bits per heavy atom. The van der Waals surface area contributed by atoms with Gasteiger partial charge < -0.3 is 34.5 Å². The second-order valence-corrected chi connectivity index (χ2v) is 10.7. The third-order valence-electron chi connectivity index (χ3n) is 7.45. The molecule has 0 aliphatic heterocycles. The number of carbonyl (C=O) groups excluding carboxylic acids is 1. The number of nitriles is 1. The van der Waals surface area contributed by atoms with Gasteiger partial charge in [0, 0.05) is 55.5 Å². The molecule has 43 heavy (non-hydrogen) atoms. The SMILES string of the molecule is C=CC(=O)Nc1cc(Nc2ncc(C#N)c(-c3cn(C4CC4)c4cc(OC)ccc34)n2)c(OC)cc1N(C)CCN(C)C. The van der Waals surface area contributed by atoms with Gasteiger partial charge in [0.25, 0.3) is 0 Å². The molecular weight excluding hydrogens is 544 g/mol. The van der Waals surface area contributed by atoms with Crippen molar-refractivity contribution in [3.05, 3.63) is 60.9 Å². The highest BCUT2D eigenvalue weighted by atomic mass is 16.5. The largest absolute Gasteiger partial charge is 0.497 e. The van der Waals surface area contributed by atoms with Gasteiger partial charge in [0.1, 0.15) is 17.6 Å². The first kappa shape index (κ1) is 29.4. The minimum absolute atomic E-state index is 0.280. The van der Waals surface area contributed by atoms with Gasteiger partial charge in [-0.25, -0.2) is 9.97 Å². The summed E-state index contributed by atoms with van der Waals surface area (Å²) >= 11 is 0. The van der Waals surface area contributed by atoms with Crippen LogP contribution >= 0.6 is 0 Å². The predicted octanol–water partition coefficient (Wildman–Crippen LogP) is 5.19. The van der Waals surface area contributed by atoms with Crippen LogP contribution < -0.4 is 25.0 Å². The fourth-order valence-electron chi connectivity index (χ4n) is 4.96. The summed E-state index contributed by atoms with van der Waals surface area (Å²) in [6.07, 6.45) is 7.02. The molecule has 0 spiro atoms. The number of carbonyl (C=O) groups is 1. The number of nitrogens with zero attached hydrogens (tertiary/aromatic N) is 6. The molecule has 5 rings (SSSR count). The molecule has 11 nitrogen and oxygen atoms in total. The van der Waals surface area contributed by atoms with E-state index in [1.54, 1.807) is 20.3 Å². The number of hydrogen-bond donors (Lipinski definition) is 2. The quantitative estimate of drug-likeness (QED) is 0.218. The standard InChI is InChI=1S/C32H36N8O3/c1-7-30(41)35-25-15-26(29(43-6)16-28(25)39(4)13-12-38(2)3)36-32-34-18-20(17-33)31(37-32)24-19-40(21-8-9-21)27-14-22(42-5)10-11-23(24)27/h7,10-11,14-16,18-19,21H,1,8-9,12-13H2,2-6H3,(H,35,41)(H,34,36,37). The van der Waals surface area contributed by atoms with Gasteiger partial charge in [-0.05, 0) is 51.2 Å². The molecule has 1 saturated carbocycles. The van der Waals surface area contributed by atoms with E-state index in [4.69, 9.17) is 14.5 Å². The van der Waals surface area contributed by atoms with Crippen LogP contribution in [0.1, 0.15) is 24.4 Å². The van der Waals surface area contributed by atoms with E-state index >= 15 is 0 Å². The summed E-state index contributed by atoms with van der Waals surface area (Å²) in [6, 6.07) is 12.2. The van der Waals surface area contributed by atoms with Crippen molar-refractivity contribution in [3.63, 3.8) is 0 Å². The molecule has 2 aromatic heterocycles. The monoisotopic (exact) mass is 580 g/mol. The van der Waals surface area contributed by atoms with Crippen LogP contribution in [-0.2, 0) is 4.79 Å². The first-order chi connectivity index (χ1) is 20.8. The molecule has 1 aliphatic rings. The molecular formula is C32H36N8O3. The highest BCUT2D eigenvalue weighted by molar-refractivity contribution is 6.02. The van der Waals surface area contributed by atoms with Crippen molar-refractivity contribution in [1.82, 2.24) is 19.4 Å². The number of likely N-dealkylation sites (N-methyl/N-ethyl adjacent to an activating group) is 2. The molecule has 0 saturated heterocycles. The second-order valence-electron chi connectivity index (χ2n) is 10.7. The van der Waals surface area contributed by atoms with Crippen molar-refractivity contribution in [2.45, 2.75) is 18.9 Å². The Labute approximate surface area is 251 Å². The van der Waals surface area contributed by atoms with Gasteiger partial charge in [-0.1, -0.05) is 6.58 Å². The van der Waals surface area contributed by atoms with Crippen molar-refractivity contribution >= 4 is 39.8 Å². The summed E-state index contributed by atoms with van der Waals surface area (Å²) in [5.74, 6) is 1.25. The third-order valence-corrected chi connectivity index (χ3v) is 7.45. The van der Waals surface area contributed by atoms with Gasteiger partial charge in [-0.2, -0.15) is 5.26 Å². The Morgan fingerprint density at radius 1 is 1.16 bits per heavy atom. The highest BCUT2D eigenvalue weighted by Crippen LogP contribution is 2.43. The van der Waals surface area contributed by atoms with Gasteiger partial charge in [0.15, 0.2) is 0 Å². The van der Waals surface area contributed by atoms with E-state index in [2.05, 4.69) is 43.9 Å². The van der Waals surface area contributed by atoms with Gasteiger partial charge >= 0.3 is 0 Å². The van der Waals surface area contributed by atoms with Crippen LogP contribution in [0, 0.1) is 11.3 Å². The number of nitrogens with one attached hydrogen (secondary N) is 2. The molecule has 11 heteroatoms. The summed E-state index contributed by atoms with van der Waals surface area (Å²) in [7, 11) is 9.21. The summed E-state index contributed by atoms with van der Waals surface area (Å²) in [6.45, 7) is 5.13. The molecule has 0 radical (unpaired) electrons. The van der Waals surface area contributed by atoms with E-state index in [-0.39, 0.29) is 11.9 Å². The number of hydrogen-bond acceptors (Lipinski definition) is 9. The Bertz CT molecular complexity index is 1720. The van der Waals surface area contributed by atoms with Crippen LogP contribution in [-0.4, -0.2) is 73.8 Å². The minimum atomic E-state index is -0.334. The Morgan fingerprint density at radius 2 is 1.95 bits per heavy atom. The molecule has 2 heterocycles. The lowest BCUT2D eigenvalue weighted by atomic mass is 10.1. The molecule has 1 amide bonds. The predicted molar refractivity (Wildman–Crippen MR) is 169 cm³/mol. The molecule has 222 valence electrons. The zero-order chi connectivity index (χ0) is 30.7. The van der Waals surface area contributed by atoms with Crippen LogP contribution in [0.3, 0.4) is 0 Å². The first-order valence-corrected chi connectivity index (χ1v) is 14.0. The van der Waals surface area contributed by atoms with E-state index < -0.39 is 0 Å². The van der Waals surface area contributed by atoms with Crippen LogP contribution in [0.15, 0.2) is 55.4 Å². The lowest BCUT2D eigenvalue weighted by Gasteiger charge is -2.26. The lowest BCUT2D eigenvalue weighted by Crippen LogP contribution is -2.29. The molecule has 2 N–H and O–H groups in total. The topological polar surface area (TPSA) is 121 Å². The first-order valence-electron chi connectivity index (χ1n) is 14.0. The molecule has 0 bridgehead atoms. The highest BCUT2D eigenvalue weighted by Gasteiger charge is 2.27. The Balaban J connectivity index is 1.56. The maximum absolute atomic E-state index is 12.3. The van der Waals surface area contributed by atoms with Crippen molar-refractivity contribution in [1.29, 1.82) is 5.26 Å². The van der Waals surface area contributed by atoms with Crippen LogP contribution in [0.5, 0.6) is 11.5 Å². The van der Waals surface area contributed by atoms with Crippen molar-refractivity contribution < 1.29 is 14.3 Å². The lowest BCUT2D eigenvalue weighted by molar-refractivity contribution is -0.111. The molecule has 1 fully saturated rings. The van der Waals surface area contributed by atoms with E-state index in [9.17, 15) is 10.1 Å². The maximum Gasteiger partial charge on any atom is 0.247 e. The summed E-state index contributed by atoms with van der Waals surface area (Å²) in [4.78, 5) is 25.7. The number of fused-ring (bicyclic) bond motifs is 1. The zero-order valence-corrected chi connectivity index (χ0v) is 25.1. The third kappa shape index (κ3) is 6.24. The van der Waals surface area contributed by atoms with Crippen molar-refractivity contribution in [2.75, 3.05) is 64.0 Å². The molecule has 4 aromatic rings. The van der Waals surface area contributed by atoms with Crippen LogP contribution in [0.2, 0.25) is 0 Å². The second kappa shape index (κ2) is 12.4. The molecule has 0 unspecified atom stereocenters. The minimum Gasteiger partial charge on any atom is -0.497 e. The smallest absolute Gasteiger partial charge is 0.247 e.